The monoisotopic (exact) mass is 290 g/mol. The number of alkyl halides is 2. The van der Waals surface area contributed by atoms with Crippen LogP contribution in [0.4, 0.5) is 0 Å². The molecular formula is C12H12Cl2O4. The second-order valence-corrected chi connectivity index (χ2v) is 4.89. The Morgan fingerprint density at radius 1 is 0.889 bits per heavy atom. The van der Waals surface area contributed by atoms with Crippen molar-refractivity contribution in [2.24, 2.45) is 0 Å². The normalized spacial score (nSPS) is 13.9. The molecule has 0 radical (unpaired) electrons. The molecule has 0 heterocycles. The number of rotatable bonds is 6. The molecule has 0 aliphatic rings. The van der Waals surface area contributed by atoms with Crippen LogP contribution in [0.3, 0.4) is 0 Å². The van der Waals surface area contributed by atoms with Crippen molar-refractivity contribution < 1.29 is 19.8 Å². The molecule has 0 saturated carbocycles. The molecular weight excluding hydrogens is 279 g/mol. The fourth-order valence-corrected chi connectivity index (χ4v) is 1.76. The average molecular weight is 291 g/mol. The minimum absolute atomic E-state index is 0.223. The van der Waals surface area contributed by atoms with E-state index in [0.29, 0.717) is 0 Å². The second-order valence-electron chi connectivity index (χ2n) is 3.84. The largest absolute Gasteiger partial charge is 0.480 e. The van der Waals surface area contributed by atoms with E-state index in [1.54, 1.807) is 24.3 Å². The lowest BCUT2D eigenvalue weighted by Crippen LogP contribution is -2.17. The molecule has 2 unspecified atom stereocenters. The molecule has 6 heteroatoms. The first-order valence-corrected chi connectivity index (χ1v) is 6.09. The summed E-state index contributed by atoms with van der Waals surface area (Å²) in [4.78, 5) is 21.2. The molecule has 1 rings (SSSR count). The van der Waals surface area contributed by atoms with E-state index in [9.17, 15) is 9.59 Å². The standard InChI is InChI=1S/C12H12Cl2O4/c13-9(11(15)16)5-7-1-2-8(4-3-7)6-10(14)12(17)18/h1-4,9-10H,5-6H2,(H,15,16)(H,17,18). The molecule has 0 saturated heterocycles. The van der Waals surface area contributed by atoms with Crippen LogP contribution < -0.4 is 0 Å². The Morgan fingerprint density at radius 2 is 1.17 bits per heavy atom. The Morgan fingerprint density at radius 3 is 1.39 bits per heavy atom. The van der Waals surface area contributed by atoms with Gasteiger partial charge in [0.1, 0.15) is 10.8 Å². The van der Waals surface area contributed by atoms with Crippen LogP contribution in [0.1, 0.15) is 11.1 Å². The zero-order chi connectivity index (χ0) is 13.7. The maximum Gasteiger partial charge on any atom is 0.321 e. The summed E-state index contributed by atoms with van der Waals surface area (Å²) in [5, 5.41) is 15.4. The first kappa shape index (κ1) is 14.8. The number of carboxylic acid groups (broad SMARTS) is 2. The lowest BCUT2D eigenvalue weighted by molar-refractivity contribution is -0.137. The highest BCUT2D eigenvalue weighted by Gasteiger charge is 2.15. The zero-order valence-electron chi connectivity index (χ0n) is 9.35. The van der Waals surface area contributed by atoms with E-state index >= 15 is 0 Å². The van der Waals surface area contributed by atoms with Crippen molar-refractivity contribution >= 4 is 35.1 Å². The van der Waals surface area contributed by atoms with Crippen LogP contribution in [-0.2, 0) is 22.4 Å². The van der Waals surface area contributed by atoms with E-state index in [0.717, 1.165) is 11.1 Å². The van der Waals surface area contributed by atoms with Gasteiger partial charge in [-0.05, 0) is 24.0 Å². The summed E-state index contributed by atoms with van der Waals surface area (Å²) in [5.74, 6) is -2.13. The summed E-state index contributed by atoms with van der Waals surface area (Å²) in [6.45, 7) is 0. The molecule has 98 valence electrons. The van der Waals surface area contributed by atoms with Gasteiger partial charge in [0.15, 0.2) is 0 Å². The van der Waals surface area contributed by atoms with Crippen molar-refractivity contribution in [1.29, 1.82) is 0 Å². The Labute approximate surface area is 114 Å². The maximum atomic E-state index is 10.6. The van der Waals surface area contributed by atoms with Gasteiger partial charge in [-0.15, -0.1) is 23.2 Å². The van der Waals surface area contributed by atoms with Crippen molar-refractivity contribution in [2.45, 2.75) is 23.6 Å². The molecule has 0 fully saturated rings. The fraction of sp³-hybridized carbons (Fsp3) is 0.333. The van der Waals surface area contributed by atoms with Crippen LogP contribution in [0.5, 0.6) is 0 Å². The molecule has 0 aliphatic heterocycles. The Hall–Kier alpha value is -1.26. The summed E-state index contributed by atoms with van der Waals surface area (Å²) in [6, 6.07) is 6.89. The van der Waals surface area contributed by atoms with Gasteiger partial charge < -0.3 is 10.2 Å². The van der Waals surface area contributed by atoms with Gasteiger partial charge in [-0.3, -0.25) is 9.59 Å². The van der Waals surface area contributed by atoms with Crippen molar-refractivity contribution in [3.05, 3.63) is 35.4 Å². The highest BCUT2D eigenvalue weighted by atomic mass is 35.5. The number of carboxylic acids is 2. The predicted octanol–water partition coefficient (Wildman–Crippen LogP) is 2.16. The molecule has 0 aliphatic carbocycles. The predicted molar refractivity (Wildman–Crippen MR) is 68.4 cm³/mol. The van der Waals surface area contributed by atoms with Gasteiger partial charge in [0.2, 0.25) is 0 Å². The quantitative estimate of drug-likeness (QED) is 0.788. The third-order valence-electron chi connectivity index (χ3n) is 2.39. The number of hydrogen-bond acceptors (Lipinski definition) is 2. The van der Waals surface area contributed by atoms with E-state index in [2.05, 4.69) is 0 Å². The second kappa shape index (κ2) is 6.61. The smallest absolute Gasteiger partial charge is 0.321 e. The zero-order valence-corrected chi connectivity index (χ0v) is 10.9. The van der Waals surface area contributed by atoms with Gasteiger partial charge in [-0.25, -0.2) is 0 Å². The van der Waals surface area contributed by atoms with Crippen molar-refractivity contribution in [2.75, 3.05) is 0 Å². The third-order valence-corrected chi connectivity index (χ3v) is 3.07. The first-order chi connectivity index (χ1) is 8.40. The van der Waals surface area contributed by atoms with E-state index in [1.165, 1.54) is 0 Å². The molecule has 0 bridgehead atoms. The SMILES string of the molecule is O=C(O)C(Cl)Cc1ccc(CC(Cl)C(=O)O)cc1. The molecule has 2 N–H and O–H groups in total. The van der Waals surface area contributed by atoms with Gasteiger partial charge in [0.05, 0.1) is 0 Å². The highest BCUT2D eigenvalue weighted by molar-refractivity contribution is 6.30. The van der Waals surface area contributed by atoms with Crippen LogP contribution in [0.15, 0.2) is 24.3 Å². The average Bonchev–Trinajstić information content (AvgIpc) is 2.31. The van der Waals surface area contributed by atoms with Crippen molar-refractivity contribution in [3.8, 4) is 0 Å². The summed E-state index contributed by atoms with van der Waals surface area (Å²) in [7, 11) is 0. The van der Waals surface area contributed by atoms with E-state index in [1.807, 2.05) is 0 Å². The molecule has 1 aromatic carbocycles. The molecule has 2 atom stereocenters. The molecule has 0 spiro atoms. The summed E-state index contributed by atoms with van der Waals surface area (Å²) < 4.78 is 0. The molecule has 4 nitrogen and oxygen atoms in total. The number of hydrogen-bond donors (Lipinski definition) is 2. The lowest BCUT2D eigenvalue weighted by Gasteiger charge is -2.07. The summed E-state index contributed by atoms with van der Waals surface area (Å²) >= 11 is 11.2. The molecule has 18 heavy (non-hydrogen) atoms. The molecule has 0 aromatic heterocycles. The number of halogens is 2. The van der Waals surface area contributed by atoms with Gasteiger partial charge in [0.25, 0.3) is 0 Å². The minimum Gasteiger partial charge on any atom is -0.480 e. The Kier molecular flexibility index (Phi) is 5.44. The van der Waals surface area contributed by atoms with Gasteiger partial charge in [-0.1, -0.05) is 24.3 Å². The van der Waals surface area contributed by atoms with Crippen LogP contribution in [0.25, 0.3) is 0 Å². The van der Waals surface area contributed by atoms with E-state index < -0.39 is 22.7 Å². The Bertz CT molecular complexity index is 389. The first-order valence-electron chi connectivity index (χ1n) is 5.21. The lowest BCUT2D eigenvalue weighted by atomic mass is 10.0. The molecule has 1 aromatic rings. The van der Waals surface area contributed by atoms with Gasteiger partial charge >= 0.3 is 11.9 Å². The van der Waals surface area contributed by atoms with Crippen molar-refractivity contribution in [1.82, 2.24) is 0 Å². The minimum atomic E-state index is -1.06. The molecule has 0 amide bonds. The van der Waals surface area contributed by atoms with Gasteiger partial charge in [0, 0.05) is 0 Å². The number of benzene rings is 1. The highest BCUT2D eigenvalue weighted by Crippen LogP contribution is 2.13. The van der Waals surface area contributed by atoms with E-state index in [-0.39, 0.29) is 12.8 Å². The van der Waals surface area contributed by atoms with E-state index in [4.69, 9.17) is 33.4 Å². The number of aliphatic carboxylic acids is 2. The van der Waals surface area contributed by atoms with Crippen LogP contribution in [0, 0.1) is 0 Å². The summed E-state index contributed by atoms with van der Waals surface area (Å²) in [5.41, 5.74) is 1.56. The maximum absolute atomic E-state index is 10.6. The van der Waals surface area contributed by atoms with Gasteiger partial charge in [-0.2, -0.15) is 0 Å². The third kappa shape index (κ3) is 4.55. The van der Waals surface area contributed by atoms with Crippen LogP contribution in [0.2, 0.25) is 0 Å². The topological polar surface area (TPSA) is 74.6 Å². The van der Waals surface area contributed by atoms with Crippen molar-refractivity contribution in [3.63, 3.8) is 0 Å². The number of carbonyl (C=O) groups is 2. The Balaban J connectivity index is 2.63. The fourth-order valence-electron chi connectivity index (χ4n) is 1.40. The summed E-state index contributed by atoms with van der Waals surface area (Å²) in [6.07, 6.45) is 0.445. The van der Waals surface area contributed by atoms with Crippen LogP contribution in [-0.4, -0.2) is 32.9 Å². The van der Waals surface area contributed by atoms with Crippen LogP contribution >= 0.6 is 23.2 Å².